The second-order valence-corrected chi connectivity index (χ2v) is 2.26. The Balaban J connectivity index is 2.92. The van der Waals surface area contributed by atoms with Crippen LogP contribution in [-0.4, -0.2) is 10.1 Å². The molecule has 1 heterocycles. The highest BCUT2D eigenvalue weighted by atomic mass is 16.5. The zero-order valence-corrected chi connectivity index (χ0v) is 5.61. The molecule has 56 valence electrons. The van der Waals surface area contributed by atoms with Crippen molar-refractivity contribution in [3.8, 4) is 6.01 Å². The molecule has 0 unspecified atom stereocenters. The number of H-pyrrole nitrogens is 1. The average Bonchev–Trinajstić information content (AvgIpc) is 2.30. The fraction of sp³-hybridized carbons (Fsp3) is 0. The zero-order chi connectivity index (χ0) is 7.84. The second-order valence-electron chi connectivity index (χ2n) is 2.26. The lowest BCUT2D eigenvalue weighted by Crippen LogP contribution is -2.23. The van der Waals surface area contributed by atoms with Gasteiger partial charge in [0.25, 0.3) is 0 Å². The molecule has 11 heavy (non-hydrogen) atoms. The molecule has 2 aromatic rings. The Hall–Kier alpha value is -1.71. The highest BCUT2D eigenvalue weighted by Gasteiger charge is 2.09. The lowest BCUT2D eigenvalue weighted by molar-refractivity contribution is -0.585. The van der Waals surface area contributed by atoms with Crippen LogP contribution in [0.5, 0.6) is 6.01 Å². The van der Waals surface area contributed by atoms with E-state index < -0.39 is 0 Å². The number of nitrogens with one attached hydrogen (secondary N) is 1. The van der Waals surface area contributed by atoms with Crippen molar-refractivity contribution in [2.75, 3.05) is 0 Å². The summed E-state index contributed by atoms with van der Waals surface area (Å²) in [6.45, 7) is 0. The number of nitrogens with zero attached hydrogens (tertiary/aromatic N) is 1. The molecule has 0 radical (unpaired) electrons. The first-order valence-corrected chi connectivity index (χ1v) is 3.18. The summed E-state index contributed by atoms with van der Waals surface area (Å²) in [5, 5.41) is 19.9. The Labute approximate surface area is 62.3 Å². The molecule has 1 aromatic heterocycles. The van der Waals surface area contributed by atoms with Gasteiger partial charge in [0.2, 0.25) is 0 Å². The molecular formula is C7H6N2O2. The highest BCUT2D eigenvalue weighted by Crippen LogP contribution is 2.10. The van der Waals surface area contributed by atoms with Gasteiger partial charge >= 0.3 is 6.01 Å². The molecule has 2 N–H and O–H groups in total. The number of fused-ring (bicyclic) bond motifs is 1. The van der Waals surface area contributed by atoms with Crippen LogP contribution in [-0.2, 0) is 0 Å². The van der Waals surface area contributed by atoms with E-state index in [2.05, 4.69) is 4.98 Å². The first-order chi connectivity index (χ1) is 5.29. The van der Waals surface area contributed by atoms with Gasteiger partial charge in [-0.3, -0.25) is 0 Å². The summed E-state index contributed by atoms with van der Waals surface area (Å²) in [4.78, 5) is 2.53. The maximum Gasteiger partial charge on any atom is 0.455 e. The van der Waals surface area contributed by atoms with Gasteiger partial charge in [-0.2, -0.15) is 4.73 Å². The lowest BCUT2D eigenvalue weighted by Gasteiger charge is -1.94. The van der Waals surface area contributed by atoms with Crippen LogP contribution in [0.15, 0.2) is 24.3 Å². The Morgan fingerprint density at radius 2 is 2.09 bits per heavy atom. The normalized spacial score (nSPS) is 10.5. The van der Waals surface area contributed by atoms with Crippen LogP contribution < -0.4 is 4.73 Å². The van der Waals surface area contributed by atoms with Crippen molar-refractivity contribution in [2.24, 2.45) is 0 Å². The third-order valence-electron chi connectivity index (χ3n) is 1.56. The summed E-state index contributed by atoms with van der Waals surface area (Å²) < 4.78 is 0.454. The van der Waals surface area contributed by atoms with Crippen molar-refractivity contribution >= 4 is 11.0 Å². The van der Waals surface area contributed by atoms with Gasteiger partial charge < -0.3 is 10.3 Å². The fourth-order valence-corrected chi connectivity index (χ4v) is 1.04. The summed E-state index contributed by atoms with van der Waals surface area (Å²) >= 11 is 0. The van der Waals surface area contributed by atoms with E-state index in [4.69, 9.17) is 5.11 Å². The molecule has 0 bridgehead atoms. The predicted octanol–water partition coefficient (Wildman–Crippen LogP) is 0.507. The van der Waals surface area contributed by atoms with E-state index in [0.29, 0.717) is 15.8 Å². The van der Waals surface area contributed by atoms with Crippen molar-refractivity contribution in [2.45, 2.75) is 0 Å². The van der Waals surface area contributed by atoms with E-state index in [1.54, 1.807) is 24.3 Å². The number of rotatable bonds is 0. The fourth-order valence-electron chi connectivity index (χ4n) is 1.04. The molecule has 0 spiro atoms. The van der Waals surface area contributed by atoms with Gasteiger partial charge in [0.1, 0.15) is 0 Å². The predicted molar refractivity (Wildman–Crippen MR) is 38.9 cm³/mol. The number of imidazole rings is 1. The molecular weight excluding hydrogens is 144 g/mol. The van der Waals surface area contributed by atoms with Crippen LogP contribution in [0.4, 0.5) is 0 Å². The Morgan fingerprint density at radius 1 is 1.36 bits per heavy atom. The van der Waals surface area contributed by atoms with E-state index in [-0.39, 0.29) is 6.01 Å². The minimum absolute atomic E-state index is 0.369. The topological polar surface area (TPSA) is 63.0 Å². The van der Waals surface area contributed by atoms with Gasteiger partial charge in [-0.25, -0.2) is 4.98 Å². The molecule has 2 rings (SSSR count). The molecule has 0 atom stereocenters. The quantitative estimate of drug-likeness (QED) is 0.424. The molecule has 0 aliphatic carbocycles. The molecule has 0 aliphatic heterocycles. The molecule has 0 saturated carbocycles. The number of para-hydroxylation sites is 2. The van der Waals surface area contributed by atoms with Gasteiger partial charge in [-0.15, -0.1) is 0 Å². The molecule has 0 amide bonds. The molecule has 1 aromatic carbocycles. The molecule has 0 fully saturated rings. The Morgan fingerprint density at radius 3 is 2.82 bits per heavy atom. The van der Waals surface area contributed by atoms with E-state index in [9.17, 15) is 5.21 Å². The van der Waals surface area contributed by atoms with Crippen LogP contribution in [0.1, 0.15) is 0 Å². The van der Waals surface area contributed by atoms with Crippen LogP contribution in [0.2, 0.25) is 0 Å². The SMILES string of the molecule is [O-][n+]1c(O)[nH]c2ccccc21. The van der Waals surface area contributed by atoms with Crippen molar-refractivity contribution in [1.82, 2.24) is 4.98 Å². The first-order valence-electron chi connectivity index (χ1n) is 3.18. The third kappa shape index (κ3) is 0.724. The minimum Gasteiger partial charge on any atom is -0.708 e. The monoisotopic (exact) mass is 150 g/mol. The van der Waals surface area contributed by atoms with Crippen LogP contribution in [0.3, 0.4) is 0 Å². The number of benzene rings is 1. The molecule has 4 heteroatoms. The van der Waals surface area contributed by atoms with Crippen LogP contribution >= 0.6 is 0 Å². The molecule has 0 aliphatic rings. The molecule has 4 nitrogen and oxygen atoms in total. The maximum atomic E-state index is 11.0. The van der Waals surface area contributed by atoms with E-state index in [0.717, 1.165) is 0 Å². The minimum atomic E-state index is -0.369. The van der Waals surface area contributed by atoms with Crippen molar-refractivity contribution in [1.29, 1.82) is 0 Å². The zero-order valence-electron chi connectivity index (χ0n) is 5.61. The lowest BCUT2D eigenvalue weighted by atomic mass is 10.3. The van der Waals surface area contributed by atoms with Gasteiger partial charge in [0, 0.05) is 0 Å². The van der Waals surface area contributed by atoms with Crippen molar-refractivity contribution in [3.05, 3.63) is 29.5 Å². The van der Waals surface area contributed by atoms with E-state index in [1.807, 2.05) is 0 Å². The van der Waals surface area contributed by atoms with Crippen LogP contribution in [0, 0.1) is 5.21 Å². The van der Waals surface area contributed by atoms with Crippen molar-refractivity contribution in [3.63, 3.8) is 0 Å². The van der Waals surface area contributed by atoms with E-state index in [1.165, 1.54) is 0 Å². The summed E-state index contributed by atoms with van der Waals surface area (Å²) in [6.07, 6.45) is 0. The maximum absolute atomic E-state index is 11.0. The number of hydrogen-bond acceptors (Lipinski definition) is 2. The van der Waals surface area contributed by atoms with Crippen LogP contribution in [0.25, 0.3) is 11.0 Å². The smallest absolute Gasteiger partial charge is 0.455 e. The Kier molecular flexibility index (Phi) is 1.03. The van der Waals surface area contributed by atoms with E-state index >= 15 is 0 Å². The van der Waals surface area contributed by atoms with Gasteiger partial charge in [-0.1, -0.05) is 12.1 Å². The summed E-state index contributed by atoms with van der Waals surface area (Å²) in [5.74, 6) is 0. The summed E-state index contributed by atoms with van der Waals surface area (Å²) in [7, 11) is 0. The summed E-state index contributed by atoms with van der Waals surface area (Å²) in [6, 6.07) is 6.52. The molecule has 0 saturated heterocycles. The third-order valence-corrected chi connectivity index (χ3v) is 1.56. The Bertz CT molecular complexity index is 394. The number of aromatic amines is 1. The van der Waals surface area contributed by atoms with Gasteiger partial charge in [0.05, 0.1) is 0 Å². The number of aromatic nitrogens is 2. The largest absolute Gasteiger partial charge is 0.708 e. The number of hydrogen-bond donors (Lipinski definition) is 2. The standard InChI is InChI=1S/C7H6N2O2/c10-7-8-5-3-1-2-4-6(5)9(7)11/h1-4,8,10H. The average molecular weight is 150 g/mol. The van der Waals surface area contributed by atoms with Crippen molar-refractivity contribution < 1.29 is 9.84 Å². The highest BCUT2D eigenvalue weighted by molar-refractivity contribution is 5.71. The first kappa shape index (κ1) is 6.03. The number of aromatic hydroxyl groups is 1. The van der Waals surface area contributed by atoms with Gasteiger partial charge in [-0.05, 0) is 12.1 Å². The van der Waals surface area contributed by atoms with Gasteiger partial charge in [0.15, 0.2) is 11.0 Å². The second kappa shape index (κ2) is 1.88. The summed E-state index contributed by atoms with van der Waals surface area (Å²) in [5.41, 5.74) is 1.09.